The average Bonchev–Trinajstić information content (AvgIpc) is 3.11. The molecule has 0 fully saturated rings. The third kappa shape index (κ3) is 1.71. The van der Waals surface area contributed by atoms with E-state index in [2.05, 4.69) is 68.5 Å². The van der Waals surface area contributed by atoms with Gasteiger partial charge in [-0.05, 0) is 66.4 Å². The first-order chi connectivity index (χ1) is 10.2. The highest BCUT2D eigenvalue weighted by Crippen LogP contribution is 2.30. The minimum atomic E-state index is 0.439. The first-order valence-electron chi connectivity index (χ1n) is 7.46. The van der Waals surface area contributed by atoms with Crippen molar-refractivity contribution < 1.29 is 0 Å². The Morgan fingerprint density at radius 3 is 2.33 bits per heavy atom. The quantitative estimate of drug-likeness (QED) is 0.707. The number of rotatable bonds is 1. The number of hydrogen-bond donors (Lipinski definition) is 0. The number of aryl methyl sites for hydroxylation is 1. The topological polar surface area (TPSA) is 0 Å². The molecule has 0 radical (unpaired) electrons. The molecule has 0 aliphatic heterocycles. The van der Waals surface area contributed by atoms with Crippen LogP contribution in [-0.2, 0) is 0 Å². The van der Waals surface area contributed by atoms with Crippen LogP contribution < -0.4 is 5.22 Å². The minimum absolute atomic E-state index is 0.439. The van der Waals surface area contributed by atoms with Crippen LogP contribution in [-0.4, -0.2) is 9.85 Å². The summed E-state index contributed by atoms with van der Waals surface area (Å²) in [5.41, 5.74) is 5.74. The molecule has 4 rings (SSSR count). The Morgan fingerprint density at radius 1 is 0.952 bits per heavy atom. The van der Waals surface area contributed by atoms with E-state index in [9.17, 15) is 0 Å². The van der Waals surface area contributed by atoms with Gasteiger partial charge < -0.3 is 0 Å². The van der Waals surface area contributed by atoms with Gasteiger partial charge in [-0.1, -0.05) is 54.6 Å². The summed E-state index contributed by atoms with van der Waals surface area (Å²) in [5, 5.41) is 4.27. The van der Waals surface area contributed by atoms with Crippen LogP contribution in [0, 0.1) is 22.2 Å². The zero-order valence-electron chi connectivity index (χ0n) is 12.5. The third-order valence-electron chi connectivity index (χ3n) is 4.75. The highest BCUT2D eigenvalue weighted by atomic mass is 28.1. The van der Waals surface area contributed by atoms with Crippen LogP contribution in [0.5, 0.6) is 0 Å². The van der Waals surface area contributed by atoms with Gasteiger partial charge in [0.1, 0.15) is 0 Å². The molecule has 1 heteroatoms. The SMILES string of the molecule is CC1=c2ccccc2=c2c1c(C)cc(C1C=CC=C1)c2=[SiH2]. The molecule has 2 aliphatic carbocycles. The van der Waals surface area contributed by atoms with E-state index in [4.69, 9.17) is 0 Å². The summed E-state index contributed by atoms with van der Waals surface area (Å²) >= 11 is 0. The van der Waals surface area contributed by atoms with Crippen LogP contribution in [0.3, 0.4) is 0 Å². The van der Waals surface area contributed by atoms with E-state index < -0.39 is 0 Å². The Hall–Kier alpha value is -1.99. The molecule has 0 saturated carbocycles. The summed E-state index contributed by atoms with van der Waals surface area (Å²) in [6.07, 6.45) is 8.88. The van der Waals surface area contributed by atoms with Crippen LogP contribution in [0.2, 0.25) is 0 Å². The first-order valence-corrected chi connectivity index (χ1v) is 8.17. The lowest BCUT2D eigenvalue weighted by molar-refractivity contribution is 1.08. The summed E-state index contributed by atoms with van der Waals surface area (Å²) in [5.74, 6) is 0.439. The predicted octanol–water partition coefficient (Wildman–Crippen LogP) is 2.91. The zero-order chi connectivity index (χ0) is 14.6. The lowest BCUT2D eigenvalue weighted by Crippen LogP contribution is -2.02. The zero-order valence-corrected chi connectivity index (χ0v) is 13.9. The highest BCUT2D eigenvalue weighted by molar-refractivity contribution is 6.00. The monoisotopic (exact) mass is 286 g/mol. The van der Waals surface area contributed by atoms with E-state index in [1.54, 1.807) is 0 Å². The molecule has 0 bridgehead atoms. The van der Waals surface area contributed by atoms with Gasteiger partial charge in [0.15, 0.2) is 0 Å². The maximum atomic E-state index is 2.39. The molecule has 2 aromatic rings. The number of allylic oxidation sites excluding steroid dienone is 4. The summed E-state index contributed by atoms with van der Waals surface area (Å²) in [6, 6.07) is 11.2. The number of benzene rings is 2. The Labute approximate surface area is 127 Å². The molecule has 0 amide bonds. The van der Waals surface area contributed by atoms with E-state index in [0.29, 0.717) is 5.92 Å². The van der Waals surface area contributed by atoms with Crippen LogP contribution >= 0.6 is 0 Å². The number of fused-ring (bicyclic) bond motifs is 2. The van der Waals surface area contributed by atoms with Crippen molar-refractivity contribution in [3.05, 3.63) is 91.8 Å². The van der Waals surface area contributed by atoms with Gasteiger partial charge in [-0.25, -0.2) is 0 Å². The molecule has 0 N–H and O–H groups in total. The van der Waals surface area contributed by atoms with E-state index in [1.165, 1.54) is 42.7 Å². The van der Waals surface area contributed by atoms with Crippen molar-refractivity contribution in [3.8, 4) is 0 Å². The Morgan fingerprint density at radius 2 is 1.62 bits per heavy atom. The Balaban J connectivity index is 2.22. The van der Waals surface area contributed by atoms with Gasteiger partial charge >= 0.3 is 0 Å². The molecule has 0 aromatic heterocycles. The smallest absolute Gasteiger partial charge is 0.0206 e. The van der Waals surface area contributed by atoms with Crippen molar-refractivity contribution in [3.63, 3.8) is 0 Å². The molecule has 21 heavy (non-hydrogen) atoms. The second-order valence-electron chi connectivity index (χ2n) is 5.98. The van der Waals surface area contributed by atoms with Crippen molar-refractivity contribution in [2.75, 3.05) is 0 Å². The Kier molecular flexibility index (Phi) is 2.73. The standard InChI is InChI=1S/C20H18Si/c1-12-11-17(14-7-3-4-8-14)20(21)19-16-10-6-5-9-15(16)13(2)18(12)19/h3-11,14H,21H2,1-2H3. The molecule has 2 aromatic carbocycles. The fourth-order valence-electron chi connectivity index (χ4n) is 3.76. The van der Waals surface area contributed by atoms with Crippen molar-refractivity contribution >= 4 is 15.4 Å². The normalized spacial score (nSPS) is 15.6. The van der Waals surface area contributed by atoms with E-state index in [1.807, 2.05) is 9.85 Å². The van der Waals surface area contributed by atoms with Gasteiger partial charge in [0.25, 0.3) is 0 Å². The molecule has 102 valence electrons. The molecule has 0 atom stereocenters. The van der Waals surface area contributed by atoms with Crippen LogP contribution in [0.4, 0.5) is 0 Å². The van der Waals surface area contributed by atoms with Crippen LogP contribution in [0.15, 0.2) is 54.6 Å². The summed E-state index contributed by atoms with van der Waals surface area (Å²) in [7, 11) is 2.04. The second-order valence-corrected chi connectivity index (χ2v) is 6.68. The first kappa shape index (κ1) is 12.7. The third-order valence-corrected chi connectivity index (χ3v) is 5.51. The van der Waals surface area contributed by atoms with Gasteiger partial charge in [0.05, 0.1) is 0 Å². The lowest BCUT2D eigenvalue weighted by Gasteiger charge is -2.13. The van der Waals surface area contributed by atoms with Gasteiger partial charge in [-0.3, -0.25) is 0 Å². The molecule has 0 saturated heterocycles. The molecule has 0 spiro atoms. The summed E-state index contributed by atoms with van der Waals surface area (Å²) in [4.78, 5) is 1.46. The number of hydrogen-bond acceptors (Lipinski definition) is 0. The Bertz CT molecular complexity index is 1010. The maximum Gasteiger partial charge on any atom is 0.0206 e. The maximum absolute atomic E-state index is 2.39. The summed E-state index contributed by atoms with van der Waals surface area (Å²) in [6.45, 7) is 4.51. The largest absolute Gasteiger partial charge is 0.0732 e. The van der Waals surface area contributed by atoms with E-state index in [0.717, 1.165) is 0 Å². The summed E-state index contributed by atoms with van der Waals surface area (Å²) < 4.78 is 0. The minimum Gasteiger partial charge on any atom is -0.0732 e. The van der Waals surface area contributed by atoms with Crippen molar-refractivity contribution in [2.45, 2.75) is 19.8 Å². The molecule has 0 unspecified atom stereocenters. The highest BCUT2D eigenvalue weighted by Gasteiger charge is 2.16. The molecule has 0 nitrogen and oxygen atoms in total. The second kappa shape index (κ2) is 4.50. The van der Waals surface area contributed by atoms with Gasteiger partial charge in [-0.15, -0.1) is 0 Å². The molecule has 2 aliphatic rings. The lowest BCUT2D eigenvalue weighted by atomic mass is 9.93. The van der Waals surface area contributed by atoms with Gasteiger partial charge in [0.2, 0.25) is 0 Å². The van der Waals surface area contributed by atoms with Crippen LogP contribution in [0.1, 0.15) is 29.5 Å². The van der Waals surface area contributed by atoms with Gasteiger partial charge in [-0.2, -0.15) is 0 Å². The van der Waals surface area contributed by atoms with Crippen molar-refractivity contribution in [1.29, 1.82) is 0 Å². The van der Waals surface area contributed by atoms with Crippen LogP contribution in [0.25, 0.3) is 5.57 Å². The fraction of sp³-hybridized carbons (Fsp3) is 0.150. The molecular weight excluding hydrogens is 268 g/mol. The average molecular weight is 286 g/mol. The van der Waals surface area contributed by atoms with E-state index in [-0.39, 0.29) is 0 Å². The molecule has 0 heterocycles. The fourth-order valence-corrected chi connectivity index (χ4v) is 4.47. The van der Waals surface area contributed by atoms with Gasteiger partial charge in [0, 0.05) is 5.92 Å². The van der Waals surface area contributed by atoms with E-state index >= 15 is 0 Å². The predicted molar refractivity (Wildman–Crippen MR) is 91.5 cm³/mol. The molecular formula is C20H18Si. The van der Waals surface area contributed by atoms with Crippen molar-refractivity contribution in [1.82, 2.24) is 0 Å². The van der Waals surface area contributed by atoms with Crippen molar-refractivity contribution in [2.24, 2.45) is 0 Å².